The van der Waals surface area contributed by atoms with Gasteiger partial charge in [0.1, 0.15) is 0 Å². The van der Waals surface area contributed by atoms with Crippen LogP contribution in [0.5, 0.6) is 0 Å². The molecule has 1 rings (SSSR count). The molecule has 9 nitrogen and oxygen atoms in total. The molecule has 0 amide bonds. The molecule has 0 saturated heterocycles. The Bertz CT molecular complexity index is 1040. The van der Waals surface area contributed by atoms with Crippen molar-refractivity contribution in [1.29, 1.82) is 0 Å². The molecule has 0 saturated carbocycles. The molecular formula is C25H39NO8S2. The number of hydrogen-bond donors (Lipinski definition) is 2. The molecule has 0 aliphatic carbocycles. The summed E-state index contributed by atoms with van der Waals surface area (Å²) in [4.78, 5) is 3.78. The number of rotatable bonds is 15. The van der Waals surface area contributed by atoms with Gasteiger partial charge in [0, 0.05) is 12.4 Å². The van der Waals surface area contributed by atoms with Crippen LogP contribution in [0.2, 0.25) is 0 Å². The maximum atomic E-state index is 10.9. The summed E-state index contributed by atoms with van der Waals surface area (Å²) < 4.78 is 68.8. The van der Waals surface area contributed by atoms with Crippen molar-refractivity contribution in [3.05, 3.63) is 77.2 Å². The van der Waals surface area contributed by atoms with E-state index in [1.807, 2.05) is 24.3 Å². The third-order valence-electron chi connectivity index (χ3n) is 4.63. The molecule has 36 heavy (non-hydrogen) atoms. The van der Waals surface area contributed by atoms with Crippen molar-refractivity contribution in [3.8, 4) is 0 Å². The van der Waals surface area contributed by atoms with Gasteiger partial charge >= 0.3 is 20.8 Å². The highest BCUT2D eigenvalue weighted by Gasteiger charge is 2.07. The van der Waals surface area contributed by atoms with Gasteiger partial charge in [-0.15, -0.1) is 0 Å². The number of nitrogens with zero attached hydrogens (tertiary/aromatic N) is 1. The number of aromatic nitrogens is 1. The first-order chi connectivity index (χ1) is 16.8. The fraction of sp³-hybridized carbons (Fsp3) is 0.480. The topological polar surface area (TPSA) is 140 Å². The summed E-state index contributed by atoms with van der Waals surface area (Å²) in [6, 6.07) is 5.72. The maximum Gasteiger partial charge on any atom is 0.397 e. The van der Waals surface area contributed by atoms with Crippen LogP contribution in [0, 0.1) is 0 Å². The fourth-order valence-electron chi connectivity index (χ4n) is 2.76. The van der Waals surface area contributed by atoms with E-state index in [1.165, 1.54) is 17.2 Å². The van der Waals surface area contributed by atoms with Crippen LogP contribution in [-0.2, 0) is 29.2 Å². The first-order valence-corrected chi connectivity index (χ1v) is 14.2. The minimum atomic E-state index is -4.52. The summed E-state index contributed by atoms with van der Waals surface area (Å²) in [5.41, 5.74) is 4.12. The van der Waals surface area contributed by atoms with Crippen LogP contribution < -0.4 is 0 Å². The van der Waals surface area contributed by atoms with Crippen molar-refractivity contribution in [3.63, 3.8) is 0 Å². The van der Waals surface area contributed by atoms with Gasteiger partial charge in [0.15, 0.2) is 0 Å². The van der Waals surface area contributed by atoms with Crippen LogP contribution in [0.25, 0.3) is 0 Å². The van der Waals surface area contributed by atoms with E-state index in [4.69, 9.17) is 9.11 Å². The van der Waals surface area contributed by atoms with Gasteiger partial charge in [0.25, 0.3) is 0 Å². The Labute approximate surface area is 216 Å². The Morgan fingerprint density at radius 3 is 1.72 bits per heavy atom. The van der Waals surface area contributed by atoms with Crippen LogP contribution in [0.15, 0.2) is 77.2 Å². The monoisotopic (exact) mass is 545 g/mol. The largest absolute Gasteiger partial charge is 0.397 e. The molecule has 2 N–H and O–H groups in total. The van der Waals surface area contributed by atoms with Gasteiger partial charge in [0.2, 0.25) is 0 Å². The Morgan fingerprint density at radius 1 is 0.722 bits per heavy atom. The average molecular weight is 546 g/mol. The summed E-state index contributed by atoms with van der Waals surface area (Å²) in [6.07, 6.45) is 15.6. The second-order valence-corrected chi connectivity index (χ2v) is 10.5. The van der Waals surface area contributed by atoms with Gasteiger partial charge in [-0.3, -0.25) is 14.1 Å². The highest BCUT2D eigenvalue weighted by atomic mass is 32.3. The Hall–Kier alpha value is -2.15. The van der Waals surface area contributed by atoms with Crippen LogP contribution in [0.4, 0.5) is 0 Å². The molecule has 0 aliphatic rings. The molecule has 0 radical (unpaired) electrons. The van der Waals surface area contributed by atoms with E-state index in [1.54, 1.807) is 19.3 Å². The normalized spacial score (nSPS) is 13.1. The van der Waals surface area contributed by atoms with Gasteiger partial charge in [0.05, 0.1) is 13.2 Å². The van der Waals surface area contributed by atoms with E-state index in [2.05, 4.69) is 46.3 Å². The lowest BCUT2D eigenvalue weighted by Crippen LogP contribution is -2.07. The zero-order chi connectivity index (χ0) is 27.5. The second kappa shape index (κ2) is 19.0. The number of allylic oxidation sites excluding steroid dienone is 6. The van der Waals surface area contributed by atoms with E-state index in [0.717, 1.165) is 30.4 Å². The van der Waals surface area contributed by atoms with Gasteiger partial charge in [-0.2, -0.15) is 16.8 Å². The molecule has 0 unspecified atom stereocenters. The van der Waals surface area contributed by atoms with Crippen molar-refractivity contribution in [1.82, 2.24) is 4.98 Å². The molecule has 1 heterocycles. The number of hydrogen-bond acceptors (Lipinski definition) is 7. The summed E-state index contributed by atoms with van der Waals surface area (Å²) in [6.45, 7) is 7.48. The van der Waals surface area contributed by atoms with E-state index >= 15 is 0 Å². The SMILES string of the molecule is CC(C)=CCC/C(C)=C/CC/C(=C\CC/C(C)=C/COS(=O)(=O)O)COS(=O)(=O)O.c1ccncc1. The Morgan fingerprint density at radius 2 is 1.25 bits per heavy atom. The summed E-state index contributed by atoms with van der Waals surface area (Å²) in [5.74, 6) is 0. The minimum absolute atomic E-state index is 0.224. The zero-order valence-electron chi connectivity index (χ0n) is 21.5. The molecule has 1 aromatic rings. The maximum absolute atomic E-state index is 10.9. The lowest BCUT2D eigenvalue weighted by Gasteiger charge is -2.07. The number of pyridine rings is 1. The highest BCUT2D eigenvalue weighted by Crippen LogP contribution is 2.15. The Kier molecular flexibility index (Phi) is 17.9. The van der Waals surface area contributed by atoms with Gasteiger partial charge in [-0.25, -0.2) is 8.37 Å². The second-order valence-electron chi connectivity index (χ2n) is 8.29. The molecule has 0 aromatic carbocycles. The predicted molar refractivity (Wildman–Crippen MR) is 142 cm³/mol. The molecule has 0 aliphatic heterocycles. The first kappa shape index (κ1) is 33.8. The lowest BCUT2D eigenvalue weighted by molar-refractivity contribution is 0.287. The zero-order valence-corrected chi connectivity index (χ0v) is 23.1. The van der Waals surface area contributed by atoms with E-state index in [0.29, 0.717) is 19.3 Å². The highest BCUT2D eigenvalue weighted by molar-refractivity contribution is 7.81. The lowest BCUT2D eigenvalue weighted by atomic mass is 10.0. The van der Waals surface area contributed by atoms with Crippen LogP contribution in [0.1, 0.15) is 66.2 Å². The molecule has 204 valence electrons. The van der Waals surface area contributed by atoms with Crippen LogP contribution >= 0.6 is 0 Å². The van der Waals surface area contributed by atoms with Crippen molar-refractivity contribution in [2.75, 3.05) is 13.2 Å². The van der Waals surface area contributed by atoms with Crippen LogP contribution in [0.3, 0.4) is 0 Å². The van der Waals surface area contributed by atoms with Crippen LogP contribution in [-0.4, -0.2) is 44.1 Å². The standard InChI is InChI=1S/C20H34O8S2.C5H5N/c1-17(2)8-5-9-18(3)10-6-12-20(16-28-30(24,25)26)13-7-11-19(4)14-15-27-29(21,22)23;1-2-4-6-5-3-1/h8,10,13-14H,5-7,9,11-12,15-16H2,1-4H3,(H,21,22,23)(H,24,25,26);1-5H/b18-10+,19-14+,20-13+;. The molecule has 1 aromatic heterocycles. The minimum Gasteiger partial charge on any atom is -0.265 e. The van der Waals surface area contributed by atoms with Gasteiger partial charge in [-0.1, -0.05) is 47.1 Å². The van der Waals surface area contributed by atoms with E-state index in [-0.39, 0.29) is 13.2 Å². The first-order valence-electron chi connectivity index (χ1n) is 11.5. The third kappa shape index (κ3) is 25.0. The molecule has 0 spiro atoms. The van der Waals surface area contributed by atoms with Crippen molar-refractivity contribution < 1.29 is 34.3 Å². The predicted octanol–water partition coefficient (Wildman–Crippen LogP) is 5.83. The summed E-state index contributed by atoms with van der Waals surface area (Å²) >= 11 is 0. The third-order valence-corrected chi connectivity index (χ3v) is 5.48. The van der Waals surface area contributed by atoms with Crippen molar-refractivity contribution in [2.45, 2.75) is 66.2 Å². The molecule has 0 atom stereocenters. The smallest absolute Gasteiger partial charge is 0.265 e. The molecular weight excluding hydrogens is 506 g/mol. The van der Waals surface area contributed by atoms with Crippen molar-refractivity contribution >= 4 is 20.8 Å². The molecule has 0 fully saturated rings. The summed E-state index contributed by atoms with van der Waals surface area (Å²) in [5, 5.41) is 0. The average Bonchev–Trinajstić information content (AvgIpc) is 2.77. The quantitative estimate of drug-likeness (QED) is 0.206. The van der Waals surface area contributed by atoms with Gasteiger partial charge in [-0.05, 0) is 83.9 Å². The van der Waals surface area contributed by atoms with Crippen molar-refractivity contribution in [2.24, 2.45) is 0 Å². The van der Waals surface area contributed by atoms with E-state index < -0.39 is 20.8 Å². The fourth-order valence-corrected chi connectivity index (χ4v) is 3.30. The molecule has 11 heteroatoms. The Balaban J connectivity index is 0.00000176. The van der Waals surface area contributed by atoms with Gasteiger partial charge < -0.3 is 0 Å². The summed E-state index contributed by atoms with van der Waals surface area (Å²) in [7, 11) is -8.98. The van der Waals surface area contributed by atoms with E-state index in [9.17, 15) is 16.8 Å². The molecule has 0 bridgehead atoms.